The Kier molecular flexibility index (Phi) is 5.16. The van der Waals surface area contributed by atoms with Crippen molar-refractivity contribution in [3.8, 4) is 11.5 Å². The second-order valence-corrected chi connectivity index (χ2v) is 6.53. The van der Waals surface area contributed by atoms with Gasteiger partial charge in [0.1, 0.15) is 11.6 Å². The fraction of sp³-hybridized carbons (Fsp3) is 0.316. The van der Waals surface area contributed by atoms with Gasteiger partial charge < -0.3 is 25.1 Å². The highest BCUT2D eigenvalue weighted by atomic mass is 16.5. The van der Waals surface area contributed by atoms with Gasteiger partial charge in [0.15, 0.2) is 5.69 Å². The Hall–Kier alpha value is -3.29. The summed E-state index contributed by atoms with van der Waals surface area (Å²) in [7, 11) is 1.61. The van der Waals surface area contributed by atoms with Gasteiger partial charge in [-0.3, -0.25) is 9.59 Å². The minimum Gasteiger partial charge on any atom is -0.501 e. The number of methoxy groups -OCH3 is 1. The van der Waals surface area contributed by atoms with Crippen LogP contribution in [0, 0.1) is 0 Å². The summed E-state index contributed by atoms with van der Waals surface area (Å²) in [6.45, 7) is 4.00. The molecule has 3 rings (SSSR count). The van der Waals surface area contributed by atoms with Crippen LogP contribution in [0.1, 0.15) is 41.6 Å². The van der Waals surface area contributed by atoms with Crippen LogP contribution in [0.4, 0.5) is 0 Å². The van der Waals surface area contributed by atoms with E-state index in [1.165, 1.54) is 0 Å². The molecule has 0 aliphatic heterocycles. The molecule has 0 spiro atoms. The van der Waals surface area contributed by atoms with Crippen molar-refractivity contribution in [2.24, 2.45) is 0 Å². The van der Waals surface area contributed by atoms with Gasteiger partial charge in [-0.2, -0.15) is 0 Å². The van der Waals surface area contributed by atoms with Crippen LogP contribution in [0.2, 0.25) is 0 Å². The number of rotatable bonds is 6. The van der Waals surface area contributed by atoms with Crippen molar-refractivity contribution in [1.29, 1.82) is 0 Å². The molecular weight excluding hydrogens is 348 g/mol. The molecule has 3 aromatic rings. The first-order valence-corrected chi connectivity index (χ1v) is 8.66. The van der Waals surface area contributed by atoms with Gasteiger partial charge in [-0.25, -0.2) is 4.98 Å². The van der Waals surface area contributed by atoms with Gasteiger partial charge in [-0.15, -0.1) is 0 Å². The largest absolute Gasteiger partial charge is 0.501 e. The van der Waals surface area contributed by atoms with E-state index in [9.17, 15) is 14.7 Å². The molecule has 27 heavy (non-hydrogen) atoms. The van der Waals surface area contributed by atoms with Gasteiger partial charge in [0.2, 0.25) is 5.75 Å². The summed E-state index contributed by atoms with van der Waals surface area (Å²) >= 11 is 0. The lowest BCUT2D eigenvalue weighted by atomic mass is 10.1. The molecule has 4 N–H and O–H groups in total. The van der Waals surface area contributed by atoms with Crippen LogP contribution in [0.3, 0.4) is 0 Å². The van der Waals surface area contributed by atoms with Crippen LogP contribution in [0.5, 0.6) is 11.5 Å². The smallest absolute Gasteiger partial charge is 0.293 e. The van der Waals surface area contributed by atoms with Crippen molar-refractivity contribution in [3.05, 3.63) is 51.8 Å². The first-order valence-electron chi connectivity index (χ1n) is 8.66. The fourth-order valence-corrected chi connectivity index (χ4v) is 2.80. The maximum absolute atomic E-state index is 12.4. The molecule has 8 nitrogen and oxygen atoms in total. The van der Waals surface area contributed by atoms with E-state index in [2.05, 4.69) is 20.3 Å². The number of carbonyl (C=O) groups is 1. The zero-order valence-electron chi connectivity index (χ0n) is 15.4. The summed E-state index contributed by atoms with van der Waals surface area (Å²) in [5.74, 6) is -0.226. The molecular formula is C19H22N4O4. The van der Waals surface area contributed by atoms with Crippen molar-refractivity contribution in [1.82, 2.24) is 20.3 Å². The number of H-pyrrole nitrogens is 2. The molecule has 2 heterocycles. The third-order valence-corrected chi connectivity index (χ3v) is 4.33. The van der Waals surface area contributed by atoms with Gasteiger partial charge in [-0.1, -0.05) is 13.8 Å². The summed E-state index contributed by atoms with van der Waals surface area (Å²) in [5, 5.41) is 13.6. The van der Waals surface area contributed by atoms with Crippen LogP contribution < -0.4 is 15.6 Å². The predicted molar refractivity (Wildman–Crippen MR) is 101 cm³/mol. The predicted octanol–water partition coefficient (Wildman–Crippen LogP) is 2.06. The molecule has 0 atom stereocenters. The summed E-state index contributed by atoms with van der Waals surface area (Å²) in [6, 6.07) is 5.74. The third-order valence-electron chi connectivity index (χ3n) is 4.33. The van der Waals surface area contributed by atoms with Gasteiger partial charge in [0.05, 0.1) is 7.11 Å². The summed E-state index contributed by atoms with van der Waals surface area (Å²) in [4.78, 5) is 33.9. The fourth-order valence-electron chi connectivity index (χ4n) is 2.80. The third kappa shape index (κ3) is 3.79. The Morgan fingerprint density at radius 1 is 1.37 bits per heavy atom. The van der Waals surface area contributed by atoms with Gasteiger partial charge in [-0.05, 0) is 30.2 Å². The van der Waals surface area contributed by atoms with E-state index in [-0.39, 0.29) is 11.6 Å². The van der Waals surface area contributed by atoms with E-state index in [4.69, 9.17) is 4.74 Å². The molecule has 0 saturated carbocycles. The van der Waals surface area contributed by atoms with Crippen LogP contribution in [-0.4, -0.2) is 39.6 Å². The second kappa shape index (κ2) is 7.53. The van der Waals surface area contributed by atoms with E-state index in [1.54, 1.807) is 7.11 Å². The lowest BCUT2D eigenvalue weighted by molar-refractivity contribution is 0.0945. The summed E-state index contributed by atoms with van der Waals surface area (Å²) in [5.41, 5.74) is 1.02. The number of nitrogens with one attached hydrogen (secondary N) is 3. The molecule has 1 aromatic carbocycles. The number of benzene rings is 1. The molecule has 0 unspecified atom stereocenters. The Morgan fingerprint density at radius 3 is 2.85 bits per heavy atom. The number of aromatic nitrogens is 3. The molecule has 1 amide bonds. The zero-order chi connectivity index (χ0) is 19.6. The molecule has 142 valence electrons. The molecule has 0 radical (unpaired) electrons. The number of fused-ring (bicyclic) bond motifs is 1. The van der Waals surface area contributed by atoms with Crippen molar-refractivity contribution in [2.75, 3.05) is 13.7 Å². The minimum atomic E-state index is -0.720. The normalized spacial score (nSPS) is 11.1. The Labute approximate surface area is 155 Å². The number of amides is 1. The standard InChI is InChI=1S/C19H22N4O4/c1-10(2)17-22-15(16(24)19(26)23-17)18(25)20-7-6-11-9-21-14-5-4-12(27-3)8-13(11)14/h4-5,8-10,21,24H,6-7H2,1-3H3,(H,20,25)(H,22,23,26). The number of aromatic amines is 2. The second-order valence-electron chi connectivity index (χ2n) is 6.53. The number of nitrogens with zero attached hydrogens (tertiary/aromatic N) is 1. The van der Waals surface area contributed by atoms with Gasteiger partial charge >= 0.3 is 0 Å². The number of hydrogen-bond acceptors (Lipinski definition) is 5. The molecule has 0 aliphatic rings. The topological polar surface area (TPSA) is 120 Å². The highest BCUT2D eigenvalue weighted by Gasteiger charge is 2.18. The van der Waals surface area contributed by atoms with Crippen LogP contribution in [-0.2, 0) is 6.42 Å². The van der Waals surface area contributed by atoms with Gasteiger partial charge in [0, 0.05) is 29.6 Å². The highest BCUT2D eigenvalue weighted by molar-refractivity contribution is 5.94. The average Bonchev–Trinajstić information content (AvgIpc) is 3.05. The Bertz CT molecular complexity index is 1040. The SMILES string of the molecule is COc1ccc2[nH]cc(CCNC(=O)c3nc(C(C)C)[nH]c(=O)c3O)c2c1. The highest BCUT2D eigenvalue weighted by Crippen LogP contribution is 2.23. The van der Waals surface area contributed by atoms with E-state index in [1.807, 2.05) is 38.2 Å². The van der Waals surface area contributed by atoms with Crippen molar-refractivity contribution in [3.63, 3.8) is 0 Å². The molecule has 0 saturated heterocycles. The minimum absolute atomic E-state index is 0.0777. The maximum Gasteiger partial charge on any atom is 0.293 e. The van der Waals surface area contributed by atoms with Crippen molar-refractivity contribution < 1.29 is 14.6 Å². The summed E-state index contributed by atoms with van der Waals surface area (Å²) < 4.78 is 5.25. The van der Waals surface area contributed by atoms with Crippen molar-refractivity contribution >= 4 is 16.8 Å². The lowest BCUT2D eigenvalue weighted by Crippen LogP contribution is -2.29. The van der Waals surface area contributed by atoms with E-state index in [0.29, 0.717) is 18.8 Å². The number of carbonyl (C=O) groups excluding carboxylic acids is 1. The van der Waals surface area contributed by atoms with E-state index < -0.39 is 17.2 Å². The first kappa shape index (κ1) is 18.5. The quantitative estimate of drug-likeness (QED) is 0.529. The van der Waals surface area contributed by atoms with Crippen LogP contribution in [0.25, 0.3) is 10.9 Å². The average molecular weight is 370 g/mol. The van der Waals surface area contributed by atoms with E-state index in [0.717, 1.165) is 22.2 Å². The Morgan fingerprint density at radius 2 is 2.15 bits per heavy atom. The van der Waals surface area contributed by atoms with Crippen LogP contribution in [0.15, 0.2) is 29.2 Å². The molecule has 0 aliphatic carbocycles. The van der Waals surface area contributed by atoms with Crippen molar-refractivity contribution in [2.45, 2.75) is 26.2 Å². The molecule has 0 bridgehead atoms. The first-order chi connectivity index (χ1) is 12.9. The van der Waals surface area contributed by atoms with Crippen LogP contribution >= 0.6 is 0 Å². The zero-order valence-corrected chi connectivity index (χ0v) is 15.4. The number of aromatic hydroxyl groups is 1. The molecule has 0 fully saturated rings. The van der Waals surface area contributed by atoms with E-state index >= 15 is 0 Å². The molecule has 2 aromatic heterocycles. The summed E-state index contributed by atoms with van der Waals surface area (Å²) in [6.07, 6.45) is 2.45. The lowest BCUT2D eigenvalue weighted by Gasteiger charge is -2.09. The van der Waals surface area contributed by atoms with Gasteiger partial charge in [0.25, 0.3) is 11.5 Å². The number of ether oxygens (including phenoxy) is 1. The maximum atomic E-state index is 12.4. The Balaban J connectivity index is 1.73. The monoisotopic (exact) mass is 370 g/mol. The number of hydrogen-bond donors (Lipinski definition) is 4. The molecule has 8 heteroatoms.